The largest absolute Gasteiger partial charge is 0.476 e. The van der Waals surface area contributed by atoms with Crippen LogP contribution in [0.3, 0.4) is 0 Å². The fraction of sp³-hybridized carbons (Fsp3) is 0.400. The van der Waals surface area contributed by atoms with Gasteiger partial charge in [-0.25, -0.2) is 9.78 Å². The van der Waals surface area contributed by atoms with E-state index in [1.807, 2.05) is 6.92 Å². The number of aromatic nitrogens is 1. The molecule has 1 aromatic rings. The highest BCUT2D eigenvalue weighted by molar-refractivity contribution is 5.87. The highest BCUT2D eigenvalue weighted by Crippen LogP contribution is 2.31. The molecule has 0 atom stereocenters. The summed E-state index contributed by atoms with van der Waals surface area (Å²) in [5.74, 6) is -1.57. The minimum atomic E-state index is -4.72. The standard InChI is InChI=1S/C10H11F3N2O2/c1-2-5-14-7-4-3-6(10(11,12)13)8(15-7)9(16)17/h3-4H,2,5H2,1H3,(H,14,15)(H,16,17). The lowest BCUT2D eigenvalue weighted by molar-refractivity contribution is -0.138. The number of hydrogen-bond acceptors (Lipinski definition) is 3. The molecule has 1 aromatic heterocycles. The van der Waals surface area contributed by atoms with Crippen molar-refractivity contribution >= 4 is 11.8 Å². The van der Waals surface area contributed by atoms with E-state index in [0.717, 1.165) is 12.5 Å². The maximum atomic E-state index is 12.5. The van der Waals surface area contributed by atoms with Gasteiger partial charge in [-0.3, -0.25) is 0 Å². The number of nitrogens with zero attached hydrogens (tertiary/aromatic N) is 1. The monoisotopic (exact) mass is 248 g/mol. The fourth-order valence-corrected chi connectivity index (χ4v) is 1.20. The van der Waals surface area contributed by atoms with Crippen LogP contribution in [0, 0.1) is 0 Å². The van der Waals surface area contributed by atoms with Gasteiger partial charge in [0.15, 0.2) is 5.69 Å². The summed E-state index contributed by atoms with van der Waals surface area (Å²) < 4.78 is 37.4. The third-order valence-electron chi connectivity index (χ3n) is 1.96. The number of nitrogens with one attached hydrogen (secondary N) is 1. The zero-order valence-corrected chi connectivity index (χ0v) is 9.01. The van der Waals surface area contributed by atoms with Crippen LogP contribution in [0.4, 0.5) is 19.0 Å². The van der Waals surface area contributed by atoms with Crippen LogP contribution in [-0.4, -0.2) is 22.6 Å². The van der Waals surface area contributed by atoms with Crippen LogP contribution in [-0.2, 0) is 6.18 Å². The normalized spacial score (nSPS) is 11.3. The van der Waals surface area contributed by atoms with Gasteiger partial charge in [0.1, 0.15) is 5.82 Å². The summed E-state index contributed by atoms with van der Waals surface area (Å²) in [6, 6.07) is 1.83. The molecule has 0 saturated heterocycles. The minimum absolute atomic E-state index is 0.122. The summed E-state index contributed by atoms with van der Waals surface area (Å²) in [6.45, 7) is 2.38. The lowest BCUT2D eigenvalue weighted by atomic mass is 10.2. The summed E-state index contributed by atoms with van der Waals surface area (Å²) in [4.78, 5) is 14.1. The summed E-state index contributed by atoms with van der Waals surface area (Å²) in [5.41, 5.74) is -2.23. The molecule has 0 aromatic carbocycles. The van der Waals surface area contributed by atoms with Crippen LogP contribution in [0.25, 0.3) is 0 Å². The molecule has 0 aliphatic carbocycles. The third kappa shape index (κ3) is 3.33. The number of carboxylic acid groups (broad SMARTS) is 1. The van der Waals surface area contributed by atoms with E-state index in [2.05, 4.69) is 10.3 Å². The molecule has 0 aliphatic heterocycles. The Balaban J connectivity index is 3.13. The minimum Gasteiger partial charge on any atom is -0.476 e. The first kappa shape index (κ1) is 13.3. The zero-order valence-electron chi connectivity index (χ0n) is 9.01. The quantitative estimate of drug-likeness (QED) is 0.859. The second-order valence-corrected chi connectivity index (χ2v) is 3.32. The summed E-state index contributed by atoms with van der Waals surface area (Å²) in [6.07, 6.45) is -3.96. The molecule has 94 valence electrons. The summed E-state index contributed by atoms with van der Waals surface area (Å²) >= 11 is 0. The van der Waals surface area contributed by atoms with Crippen molar-refractivity contribution in [1.29, 1.82) is 0 Å². The van der Waals surface area contributed by atoms with E-state index in [4.69, 9.17) is 5.11 Å². The number of anilines is 1. The van der Waals surface area contributed by atoms with Crippen LogP contribution in [0.5, 0.6) is 0 Å². The fourth-order valence-electron chi connectivity index (χ4n) is 1.20. The van der Waals surface area contributed by atoms with Crippen molar-refractivity contribution in [3.05, 3.63) is 23.4 Å². The van der Waals surface area contributed by atoms with E-state index < -0.39 is 23.4 Å². The molecule has 1 rings (SSSR count). The van der Waals surface area contributed by atoms with Gasteiger partial charge in [-0.1, -0.05) is 6.92 Å². The predicted octanol–water partition coefficient (Wildman–Crippen LogP) is 2.62. The molecule has 2 N–H and O–H groups in total. The lowest BCUT2D eigenvalue weighted by Gasteiger charge is -2.11. The second kappa shape index (κ2) is 5.03. The van der Waals surface area contributed by atoms with Gasteiger partial charge in [-0.2, -0.15) is 13.2 Å². The van der Waals surface area contributed by atoms with Crippen molar-refractivity contribution in [2.75, 3.05) is 11.9 Å². The molecule has 0 bridgehead atoms. The van der Waals surface area contributed by atoms with Crippen LogP contribution in [0.15, 0.2) is 12.1 Å². The summed E-state index contributed by atoms with van der Waals surface area (Å²) in [5, 5.41) is 11.4. The van der Waals surface area contributed by atoms with E-state index in [1.54, 1.807) is 0 Å². The zero-order chi connectivity index (χ0) is 13.1. The van der Waals surface area contributed by atoms with Crippen molar-refractivity contribution in [1.82, 2.24) is 4.98 Å². The predicted molar refractivity (Wildman–Crippen MR) is 55.0 cm³/mol. The molecule has 17 heavy (non-hydrogen) atoms. The number of halogens is 3. The number of alkyl halides is 3. The molecule has 0 fully saturated rings. The van der Waals surface area contributed by atoms with Gasteiger partial charge in [-0.05, 0) is 18.6 Å². The van der Waals surface area contributed by atoms with Gasteiger partial charge in [0.2, 0.25) is 0 Å². The Bertz CT molecular complexity index is 419. The molecule has 0 radical (unpaired) electrons. The average molecular weight is 248 g/mol. The molecule has 0 spiro atoms. The molecule has 0 amide bonds. The van der Waals surface area contributed by atoms with Crippen LogP contribution in [0.2, 0.25) is 0 Å². The van der Waals surface area contributed by atoms with Gasteiger partial charge in [0.05, 0.1) is 5.56 Å². The first-order valence-electron chi connectivity index (χ1n) is 4.91. The van der Waals surface area contributed by atoms with Gasteiger partial charge >= 0.3 is 12.1 Å². The first-order valence-corrected chi connectivity index (χ1v) is 4.91. The number of carboxylic acids is 1. The average Bonchev–Trinajstić information content (AvgIpc) is 2.24. The van der Waals surface area contributed by atoms with Crippen molar-refractivity contribution < 1.29 is 23.1 Å². The van der Waals surface area contributed by atoms with E-state index >= 15 is 0 Å². The number of hydrogen-bond donors (Lipinski definition) is 2. The Labute approximate surface area is 95.5 Å². The highest BCUT2D eigenvalue weighted by Gasteiger charge is 2.36. The molecule has 4 nitrogen and oxygen atoms in total. The highest BCUT2D eigenvalue weighted by atomic mass is 19.4. The van der Waals surface area contributed by atoms with Gasteiger partial charge in [-0.15, -0.1) is 0 Å². The van der Waals surface area contributed by atoms with Crippen molar-refractivity contribution in [2.24, 2.45) is 0 Å². The topological polar surface area (TPSA) is 62.2 Å². The van der Waals surface area contributed by atoms with E-state index in [0.29, 0.717) is 12.6 Å². The van der Waals surface area contributed by atoms with Crippen molar-refractivity contribution in [3.63, 3.8) is 0 Å². The maximum absolute atomic E-state index is 12.5. The first-order chi connectivity index (χ1) is 7.86. The maximum Gasteiger partial charge on any atom is 0.418 e. The number of pyridine rings is 1. The van der Waals surface area contributed by atoms with Crippen LogP contribution in [0.1, 0.15) is 29.4 Å². The Hall–Kier alpha value is -1.79. The van der Waals surface area contributed by atoms with E-state index in [-0.39, 0.29) is 5.82 Å². The molecule has 0 unspecified atom stereocenters. The molecular weight excluding hydrogens is 237 g/mol. The number of aromatic carboxylic acids is 1. The van der Waals surface area contributed by atoms with E-state index in [1.165, 1.54) is 0 Å². The Morgan fingerprint density at radius 2 is 2.12 bits per heavy atom. The van der Waals surface area contributed by atoms with Crippen molar-refractivity contribution in [3.8, 4) is 0 Å². The molecule has 1 heterocycles. The lowest BCUT2D eigenvalue weighted by Crippen LogP contribution is -2.16. The van der Waals surface area contributed by atoms with E-state index in [9.17, 15) is 18.0 Å². The Morgan fingerprint density at radius 1 is 1.47 bits per heavy atom. The van der Waals surface area contributed by atoms with Crippen LogP contribution < -0.4 is 5.32 Å². The van der Waals surface area contributed by atoms with Gasteiger partial charge in [0.25, 0.3) is 0 Å². The molecule has 0 saturated carbocycles. The Morgan fingerprint density at radius 3 is 2.59 bits per heavy atom. The molecule has 7 heteroatoms. The number of rotatable bonds is 4. The van der Waals surface area contributed by atoms with Crippen molar-refractivity contribution in [2.45, 2.75) is 19.5 Å². The molecular formula is C10H11F3N2O2. The summed E-state index contributed by atoms with van der Waals surface area (Å²) in [7, 11) is 0. The SMILES string of the molecule is CCCNc1ccc(C(F)(F)F)c(C(=O)O)n1. The molecule has 0 aliphatic rings. The smallest absolute Gasteiger partial charge is 0.418 e. The van der Waals surface area contributed by atoms with Crippen LogP contribution >= 0.6 is 0 Å². The Kier molecular flexibility index (Phi) is 3.93. The van der Waals surface area contributed by atoms with Gasteiger partial charge in [0, 0.05) is 6.54 Å². The third-order valence-corrected chi connectivity index (χ3v) is 1.96. The number of carbonyl (C=O) groups is 1. The van der Waals surface area contributed by atoms with Gasteiger partial charge < -0.3 is 10.4 Å². The second-order valence-electron chi connectivity index (χ2n) is 3.32.